The average Bonchev–Trinajstić information content (AvgIpc) is 2.08. The van der Waals surface area contributed by atoms with E-state index in [4.69, 9.17) is 10.8 Å². The van der Waals surface area contributed by atoms with E-state index in [0.717, 1.165) is 0 Å². The summed E-state index contributed by atoms with van der Waals surface area (Å²) >= 11 is 3.93. The van der Waals surface area contributed by atoms with E-state index >= 15 is 0 Å². The Bertz CT molecular complexity index is 340. The number of rotatable bonds is 2. The number of carboxylic acids is 1. The lowest BCUT2D eigenvalue weighted by Gasteiger charge is -2.09. The molecule has 1 aromatic carbocycles. The van der Waals surface area contributed by atoms with Crippen LogP contribution in [0.15, 0.2) is 23.1 Å². The molecule has 0 saturated carbocycles. The Labute approximate surface area is 80.4 Å². The molecule has 0 unspecified atom stereocenters. The van der Waals surface area contributed by atoms with Gasteiger partial charge in [-0.05, 0) is 6.07 Å². The Morgan fingerprint density at radius 1 is 1.54 bits per heavy atom. The predicted octanol–water partition coefficient (Wildman–Crippen LogP) is 0.765. The molecule has 1 rings (SSSR count). The maximum absolute atomic E-state index is 10.5. The first-order valence-corrected chi connectivity index (χ1v) is 3.98. The van der Waals surface area contributed by atoms with E-state index in [1.807, 2.05) is 0 Å². The monoisotopic (exact) mass is 199 g/mol. The standard InChI is InChI=1S/C8H9NO3S/c9-6(8(11)12)4-2-1-3-5(13)7(4)10/h1-3,6,10,13H,9H2,(H,11,12)/t6-/m0/s1. The lowest BCUT2D eigenvalue weighted by Crippen LogP contribution is -2.20. The largest absolute Gasteiger partial charge is 0.506 e. The summed E-state index contributed by atoms with van der Waals surface area (Å²) in [4.78, 5) is 10.8. The predicted molar refractivity (Wildman–Crippen MR) is 49.9 cm³/mol. The summed E-state index contributed by atoms with van der Waals surface area (Å²) in [5.41, 5.74) is 5.48. The van der Waals surface area contributed by atoms with Crippen LogP contribution < -0.4 is 5.73 Å². The van der Waals surface area contributed by atoms with Crippen molar-refractivity contribution in [3.63, 3.8) is 0 Å². The molecule has 0 saturated heterocycles. The van der Waals surface area contributed by atoms with Gasteiger partial charge in [-0.25, -0.2) is 0 Å². The second-order valence-electron chi connectivity index (χ2n) is 2.53. The van der Waals surface area contributed by atoms with Crippen LogP contribution in [0.2, 0.25) is 0 Å². The molecule has 0 amide bonds. The molecule has 1 atom stereocenters. The van der Waals surface area contributed by atoms with Gasteiger partial charge in [0.1, 0.15) is 11.8 Å². The van der Waals surface area contributed by atoms with Gasteiger partial charge >= 0.3 is 5.97 Å². The zero-order valence-corrected chi connectivity index (χ0v) is 7.53. The number of hydrogen-bond acceptors (Lipinski definition) is 4. The SMILES string of the molecule is N[C@H](C(=O)O)c1cccc(S)c1O. The number of aromatic hydroxyl groups is 1. The Kier molecular flexibility index (Phi) is 2.79. The van der Waals surface area contributed by atoms with Crippen molar-refractivity contribution in [1.82, 2.24) is 0 Å². The van der Waals surface area contributed by atoms with E-state index < -0.39 is 12.0 Å². The van der Waals surface area contributed by atoms with Crippen LogP contribution in [0, 0.1) is 0 Å². The molecule has 0 bridgehead atoms. The summed E-state index contributed by atoms with van der Waals surface area (Å²) in [7, 11) is 0. The summed E-state index contributed by atoms with van der Waals surface area (Å²) in [5.74, 6) is -1.37. The topological polar surface area (TPSA) is 83.6 Å². The van der Waals surface area contributed by atoms with Gasteiger partial charge in [0.25, 0.3) is 0 Å². The van der Waals surface area contributed by atoms with Crippen molar-refractivity contribution < 1.29 is 15.0 Å². The van der Waals surface area contributed by atoms with Gasteiger partial charge in [0.15, 0.2) is 0 Å². The van der Waals surface area contributed by atoms with Crippen LogP contribution in [0.1, 0.15) is 11.6 Å². The number of aliphatic carboxylic acids is 1. The van der Waals surface area contributed by atoms with Gasteiger partial charge in [0, 0.05) is 10.5 Å². The zero-order valence-electron chi connectivity index (χ0n) is 6.64. The van der Waals surface area contributed by atoms with Crippen LogP contribution in [-0.4, -0.2) is 16.2 Å². The molecule has 1 aromatic rings. The van der Waals surface area contributed by atoms with Crippen LogP contribution in [0.3, 0.4) is 0 Å². The van der Waals surface area contributed by atoms with E-state index in [0.29, 0.717) is 4.90 Å². The van der Waals surface area contributed by atoms with Crippen molar-refractivity contribution in [2.24, 2.45) is 5.73 Å². The molecule has 4 N–H and O–H groups in total. The second-order valence-corrected chi connectivity index (χ2v) is 3.01. The van der Waals surface area contributed by atoms with Crippen molar-refractivity contribution in [2.75, 3.05) is 0 Å². The summed E-state index contributed by atoms with van der Waals surface area (Å²) in [5, 5.41) is 18.0. The third-order valence-corrected chi connectivity index (χ3v) is 2.01. The highest BCUT2D eigenvalue weighted by molar-refractivity contribution is 7.80. The Balaban J connectivity index is 3.15. The van der Waals surface area contributed by atoms with Crippen LogP contribution in [0.25, 0.3) is 0 Å². The minimum absolute atomic E-state index is 0.167. The molecule has 0 aliphatic carbocycles. The minimum Gasteiger partial charge on any atom is -0.506 e. The van der Waals surface area contributed by atoms with Gasteiger partial charge in [-0.2, -0.15) is 0 Å². The Morgan fingerprint density at radius 3 is 2.69 bits per heavy atom. The first-order chi connectivity index (χ1) is 6.04. The van der Waals surface area contributed by atoms with Gasteiger partial charge in [-0.15, -0.1) is 12.6 Å². The molecular formula is C8H9NO3S. The van der Waals surface area contributed by atoms with Gasteiger partial charge in [-0.1, -0.05) is 12.1 Å². The average molecular weight is 199 g/mol. The number of benzene rings is 1. The molecule has 5 heteroatoms. The number of hydrogen-bond donors (Lipinski definition) is 4. The normalized spacial score (nSPS) is 12.5. The minimum atomic E-state index is -1.22. The summed E-state index contributed by atoms with van der Waals surface area (Å²) in [6, 6.07) is 3.37. The fourth-order valence-electron chi connectivity index (χ4n) is 0.933. The fourth-order valence-corrected chi connectivity index (χ4v) is 1.15. The summed E-state index contributed by atoms with van der Waals surface area (Å²) < 4.78 is 0. The second kappa shape index (κ2) is 3.68. The quantitative estimate of drug-likeness (QED) is 0.530. The zero-order chi connectivity index (χ0) is 10.0. The highest BCUT2D eigenvalue weighted by Crippen LogP contribution is 2.29. The van der Waals surface area contributed by atoms with E-state index in [2.05, 4.69) is 12.6 Å². The molecule has 0 spiro atoms. The molecule has 4 nitrogen and oxygen atoms in total. The Hall–Kier alpha value is -1.20. The lowest BCUT2D eigenvalue weighted by molar-refractivity contribution is -0.138. The summed E-state index contributed by atoms with van der Waals surface area (Å²) in [6.07, 6.45) is 0. The van der Waals surface area contributed by atoms with Crippen LogP contribution in [0.5, 0.6) is 5.75 Å². The molecular weight excluding hydrogens is 190 g/mol. The molecule has 0 radical (unpaired) electrons. The highest BCUT2D eigenvalue weighted by Gasteiger charge is 2.18. The molecule has 70 valence electrons. The third kappa shape index (κ3) is 1.93. The molecule has 0 aromatic heterocycles. The number of carbonyl (C=O) groups is 1. The van der Waals surface area contributed by atoms with E-state index in [1.54, 1.807) is 12.1 Å². The molecule has 0 aliphatic rings. The number of nitrogens with two attached hydrogens (primary N) is 1. The number of phenols is 1. The van der Waals surface area contributed by atoms with E-state index in [1.165, 1.54) is 6.07 Å². The van der Waals surface area contributed by atoms with Crippen LogP contribution >= 0.6 is 12.6 Å². The Morgan fingerprint density at radius 2 is 2.15 bits per heavy atom. The third-order valence-electron chi connectivity index (χ3n) is 1.65. The van der Waals surface area contributed by atoms with Gasteiger partial charge in [0.2, 0.25) is 0 Å². The first-order valence-electron chi connectivity index (χ1n) is 3.53. The fraction of sp³-hybridized carbons (Fsp3) is 0.125. The number of para-hydroxylation sites is 1. The van der Waals surface area contributed by atoms with Crippen molar-refractivity contribution >= 4 is 18.6 Å². The molecule has 0 heterocycles. The van der Waals surface area contributed by atoms with Crippen molar-refractivity contribution in [3.05, 3.63) is 23.8 Å². The highest BCUT2D eigenvalue weighted by atomic mass is 32.1. The number of phenolic OH excluding ortho intramolecular Hbond substituents is 1. The maximum atomic E-state index is 10.5. The number of thiol groups is 1. The van der Waals surface area contributed by atoms with E-state index in [-0.39, 0.29) is 11.3 Å². The van der Waals surface area contributed by atoms with Gasteiger partial charge < -0.3 is 15.9 Å². The molecule has 0 fully saturated rings. The first kappa shape index (κ1) is 9.88. The molecule has 0 aliphatic heterocycles. The van der Waals surface area contributed by atoms with Crippen LogP contribution in [-0.2, 0) is 4.79 Å². The van der Waals surface area contributed by atoms with Crippen LogP contribution in [0.4, 0.5) is 0 Å². The van der Waals surface area contributed by atoms with Gasteiger partial charge in [-0.3, -0.25) is 4.79 Å². The van der Waals surface area contributed by atoms with Crippen molar-refractivity contribution in [2.45, 2.75) is 10.9 Å². The maximum Gasteiger partial charge on any atom is 0.325 e. The smallest absolute Gasteiger partial charge is 0.325 e. The molecule has 13 heavy (non-hydrogen) atoms. The number of carboxylic acid groups (broad SMARTS) is 1. The summed E-state index contributed by atoms with van der Waals surface area (Å²) in [6.45, 7) is 0. The van der Waals surface area contributed by atoms with Crippen molar-refractivity contribution in [1.29, 1.82) is 0 Å². The van der Waals surface area contributed by atoms with E-state index in [9.17, 15) is 9.90 Å². The van der Waals surface area contributed by atoms with Crippen molar-refractivity contribution in [3.8, 4) is 5.75 Å². The van der Waals surface area contributed by atoms with Gasteiger partial charge in [0.05, 0.1) is 0 Å². The lowest BCUT2D eigenvalue weighted by atomic mass is 10.1.